The van der Waals surface area contributed by atoms with Crippen LogP contribution in [0.1, 0.15) is 61.4 Å². The van der Waals surface area contributed by atoms with E-state index in [1.165, 1.54) is 0 Å². The number of unbranched alkanes of at least 4 members (excludes halogenated alkanes) is 2. The van der Waals surface area contributed by atoms with Gasteiger partial charge in [0.25, 0.3) is 5.91 Å². The molecule has 0 aliphatic carbocycles. The minimum absolute atomic E-state index is 0.147. The molecule has 1 fully saturated rings. The van der Waals surface area contributed by atoms with Crippen molar-refractivity contribution in [1.29, 1.82) is 0 Å². The Labute approximate surface area is 222 Å². The van der Waals surface area contributed by atoms with Crippen LogP contribution in [-0.2, 0) is 4.79 Å². The van der Waals surface area contributed by atoms with Crippen molar-refractivity contribution in [2.75, 3.05) is 52.3 Å². The predicted octanol–water partition coefficient (Wildman–Crippen LogP) is 5.16. The number of ether oxygens (including phenoxy) is 2. The van der Waals surface area contributed by atoms with E-state index in [4.69, 9.17) is 9.47 Å². The Hall–Kier alpha value is -3.06. The highest BCUT2D eigenvalue weighted by Gasteiger charge is 2.23. The minimum Gasteiger partial charge on any atom is -0.493 e. The van der Waals surface area contributed by atoms with Gasteiger partial charge in [0, 0.05) is 32.6 Å². The van der Waals surface area contributed by atoms with E-state index in [1.807, 2.05) is 55.1 Å². The number of rotatable bonds is 12. The topological polar surface area (TPSA) is 62.3 Å². The predicted molar refractivity (Wildman–Crippen MR) is 149 cm³/mol. The number of anilines is 1. The lowest BCUT2D eigenvalue weighted by atomic mass is 10.0. The molecule has 3 rings (SSSR count). The third-order valence-corrected chi connectivity index (χ3v) is 7.04. The first-order chi connectivity index (χ1) is 17.8. The smallest absolute Gasteiger partial charge is 0.261 e. The first-order valence-corrected chi connectivity index (χ1v) is 13.5. The van der Waals surface area contributed by atoms with Crippen LogP contribution in [-0.4, -0.2) is 75.1 Å². The van der Waals surface area contributed by atoms with Gasteiger partial charge in [-0.15, -0.1) is 0 Å². The Balaban J connectivity index is 1.49. The quantitative estimate of drug-likeness (QED) is 0.370. The van der Waals surface area contributed by atoms with Gasteiger partial charge in [0.15, 0.2) is 0 Å². The molecular formula is C30H43N3O4. The van der Waals surface area contributed by atoms with Crippen molar-refractivity contribution in [3.8, 4) is 11.5 Å². The summed E-state index contributed by atoms with van der Waals surface area (Å²) in [6.07, 6.45) is 5.35. The van der Waals surface area contributed by atoms with Crippen LogP contribution in [0.3, 0.4) is 0 Å². The van der Waals surface area contributed by atoms with Gasteiger partial charge in [0.05, 0.1) is 24.5 Å². The second kappa shape index (κ2) is 14.0. The maximum Gasteiger partial charge on any atom is 0.261 e. The lowest BCUT2D eigenvalue weighted by Gasteiger charge is -2.35. The number of amides is 2. The van der Waals surface area contributed by atoms with Gasteiger partial charge in [-0.05, 0) is 89.9 Å². The van der Waals surface area contributed by atoms with Gasteiger partial charge >= 0.3 is 0 Å². The van der Waals surface area contributed by atoms with Crippen LogP contribution in [0.25, 0.3) is 0 Å². The zero-order valence-electron chi connectivity index (χ0n) is 23.2. The van der Waals surface area contributed by atoms with Crippen molar-refractivity contribution >= 4 is 17.5 Å². The average Bonchev–Trinajstić information content (AvgIpc) is 2.90. The molecule has 2 aromatic rings. The number of nitrogens with zero attached hydrogens (tertiary/aromatic N) is 3. The van der Waals surface area contributed by atoms with Crippen LogP contribution < -0.4 is 14.4 Å². The fourth-order valence-corrected chi connectivity index (χ4v) is 4.76. The number of piperidine rings is 1. The Morgan fingerprint density at radius 3 is 2.38 bits per heavy atom. The van der Waals surface area contributed by atoms with E-state index >= 15 is 0 Å². The summed E-state index contributed by atoms with van der Waals surface area (Å²) >= 11 is 0. The number of hydrogen-bond acceptors (Lipinski definition) is 5. The zero-order chi connectivity index (χ0) is 26.8. The molecule has 0 N–H and O–H groups in total. The maximum atomic E-state index is 13.3. The average molecular weight is 510 g/mol. The molecule has 2 aromatic carbocycles. The number of carbonyl (C=O) groups is 2. The molecule has 1 aliphatic rings. The van der Waals surface area contributed by atoms with Gasteiger partial charge < -0.3 is 24.2 Å². The number of para-hydroxylation sites is 1. The number of benzene rings is 2. The van der Waals surface area contributed by atoms with Crippen LogP contribution >= 0.6 is 0 Å². The van der Waals surface area contributed by atoms with E-state index in [0.717, 1.165) is 56.4 Å². The van der Waals surface area contributed by atoms with Crippen LogP contribution in [0.4, 0.5) is 5.69 Å². The molecule has 0 saturated carbocycles. The van der Waals surface area contributed by atoms with Crippen LogP contribution in [0, 0.1) is 6.92 Å². The largest absolute Gasteiger partial charge is 0.493 e. The van der Waals surface area contributed by atoms with Gasteiger partial charge in [-0.1, -0.05) is 18.2 Å². The van der Waals surface area contributed by atoms with Gasteiger partial charge in [-0.2, -0.15) is 0 Å². The lowest BCUT2D eigenvalue weighted by molar-refractivity contribution is -0.132. The molecule has 1 saturated heterocycles. The second-order valence-electron chi connectivity index (χ2n) is 10.00. The molecule has 0 bridgehead atoms. The van der Waals surface area contributed by atoms with Crippen molar-refractivity contribution in [1.82, 2.24) is 9.80 Å². The Kier molecular flexibility index (Phi) is 10.8. The van der Waals surface area contributed by atoms with Crippen molar-refractivity contribution in [2.24, 2.45) is 0 Å². The second-order valence-corrected chi connectivity index (χ2v) is 10.00. The monoisotopic (exact) mass is 509 g/mol. The van der Waals surface area contributed by atoms with E-state index < -0.39 is 0 Å². The number of hydrogen-bond donors (Lipinski definition) is 0. The van der Waals surface area contributed by atoms with Crippen molar-refractivity contribution in [2.45, 2.75) is 58.4 Å². The number of likely N-dealkylation sites (tertiary alicyclic amines) is 1. The highest BCUT2D eigenvalue weighted by atomic mass is 16.5. The third kappa shape index (κ3) is 7.96. The molecule has 0 unspecified atom stereocenters. The van der Waals surface area contributed by atoms with E-state index in [2.05, 4.69) is 19.0 Å². The fraction of sp³-hybridized carbons (Fsp3) is 0.533. The molecule has 1 aliphatic heterocycles. The summed E-state index contributed by atoms with van der Waals surface area (Å²) in [7, 11) is 5.98. The summed E-state index contributed by atoms with van der Waals surface area (Å²) in [5.74, 6) is 1.38. The first-order valence-electron chi connectivity index (χ1n) is 13.5. The van der Waals surface area contributed by atoms with Gasteiger partial charge in [0.2, 0.25) is 5.91 Å². The summed E-state index contributed by atoms with van der Waals surface area (Å²) in [6, 6.07) is 13.8. The molecule has 202 valence electrons. The molecule has 0 atom stereocenters. The molecular weight excluding hydrogens is 466 g/mol. The molecule has 0 aromatic heterocycles. The van der Waals surface area contributed by atoms with Crippen molar-refractivity contribution in [3.05, 3.63) is 53.6 Å². The molecule has 7 nitrogen and oxygen atoms in total. The summed E-state index contributed by atoms with van der Waals surface area (Å²) in [5.41, 5.74) is 2.31. The van der Waals surface area contributed by atoms with Gasteiger partial charge in [-0.3, -0.25) is 9.59 Å². The molecule has 7 heteroatoms. The normalized spacial score (nSPS) is 14.1. The Morgan fingerprint density at radius 1 is 0.946 bits per heavy atom. The highest BCUT2D eigenvalue weighted by Crippen LogP contribution is 2.31. The number of aryl methyl sites for hydroxylation is 1. The van der Waals surface area contributed by atoms with E-state index in [-0.39, 0.29) is 11.8 Å². The van der Waals surface area contributed by atoms with E-state index in [9.17, 15) is 9.59 Å². The van der Waals surface area contributed by atoms with Crippen LogP contribution in [0.15, 0.2) is 42.5 Å². The summed E-state index contributed by atoms with van der Waals surface area (Å²) in [5, 5.41) is 0. The summed E-state index contributed by atoms with van der Waals surface area (Å²) < 4.78 is 11.8. The van der Waals surface area contributed by atoms with Crippen LogP contribution in [0.5, 0.6) is 11.5 Å². The maximum absolute atomic E-state index is 13.3. The first kappa shape index (κ1) is 28.5. The summed E-state index contributed by atoms with van der Waals surface area (Å²) in [6.45, 7) is 6.67. The standard InChI is InChI=1S/C30H43N3O4/c1-6-36-27-13-10-9-12-25(27)30(35)32(5)26-16-15-23(2)22-28(26)37-21-11-7-8-14-29(34)33-19-17-24(18-20-33)31(3)4/h9-10,12-13,15-16,22,24H,6-8,11,14,17-21H2,1-5H3. The lowest BCUT2D eigenvalue weighted by Crippen LogP contribution is -2.44. The van der Waals surface area contributed by atoms with E-state index in [0.29, 0.717) is 42.7 Å². The van der Waals surface area contributed by atoms with Crippen LogP contribution in [0.2, 0.25) is 0 Å². The molecule has 37 heavy (non-hydrogen) atoms. The summed E-state index contributed by atoms with van der Waals surface area (Å²) in [4.78, 5) is 31.8. The number of carbonyl (C=O) groups excluding carboxylic acids is 2. The highest BCUT2D eigenvalue weighted by molar-refractivity contribution is 6.08. The molecule has 0 radical (unpaired) electrons. The minimum atomic E-state index is -0.147. The van der Waals surface area contributed by atoms with E-state index in [1.54, 1.807) is 18.0 Å². The van der Waals surface area contributed by atoms with Gasteiger partial charge in [0.1, 0.15) is 11.5 Å². The SMILES string of the molecule is CCOc1ccccc1C(=O)N(C)c1ccc(C)cc1OCCCCCC(=O)N1CCC(N(C)C)CC1. The molecule has 2 amide bonds. The molecule has 1 heterocycles. The zero-order valence-corrected chi connectivity index (χ0v) is 23.2. The molecule has 0 spiro atoms. The fourth-order valence-electron chi connectivity index (χ4n) is 4.76. The van der Waals surface area contributed by atoms with Crippen molar-refractivity contribution in [3.63, 3.8) is 0 Å². The Morgan fingerprint density at radius 2 is 1.68 bits per heavy atom. The van der Waals surface area contributed by atoms with Gasteiger partial charge in [-0.25, -0.2) is 0 Å². The third-order valence-electron chi connectivity index (χ3n) is 7.04. The Bertz CT molecular complexity index is 1030. The van der Waals surface area contributed by atoms with Crippen molar-refractivity contribution < 1.29 is 19.1 Å².